The maximum absolute atomic E-state index is 14.6. The number of carbonyl (C=O) groups is 1. The number of fused-ring (bicyclic) bond motifs is 1. The molecule has 1 amide bonds. The molecule has 236 valence electrons. The molecule has 1 aliphatic heterocycles. The number of rotatable bonds is 11. The van der Waals surface area contributed by atoms with Crippen LogP contribution in [0.5, 0.6) is 5.75 Å². The predicted octanol–water partition coefficient (Wildman–Crippen LogP) is 2.94. The largest absolute Gasteiger partial charge is 0.496 e. The van der Waals surface area contributed by atoms with Crippen molar-refractivity contribution in [2.75, 3.05) is 47.4 Å². The number of benzene rings is 1. The third kappa shape index (κ3) is 5.81. The molecule has 0 radical (unpaired) electrons. The molecule has 12 nitrogen and oxygen atoms in total. The lowest BCUT2D eigenvalue weighted by Crippen LogP contribution is -2.56. The second-order valence-electron chi connectivity index (χ2n) is 11.7. The minimum absolute atomic E-state index is 0.0806. The van der Waals surface area contributed by atoms with Crippen LogP contribution in [0.1, 0.15) is 43.9 Å². The summed E-state index contributed by atoms with van der Waals surface area (Å²) in [4.78, 5) is 48.0. The summed E-state index contributed by atoms with van der Waals surface area (Å²) in [6, 6.07) is 4.14. The van der Waals surface area contributed by atoms with E-state index in [2.05, 4.69) is 10.2 Å². The van der Waals surface area contributed by atoms with Crippen LogP contribution >= 0.6 is 11.3 Å². The Kier molecular flexibility index (Phi) is 9.05. The van der Waals surface area contributed by atoms with E-state index in [0.29, 0.717) is 46.3 Å². The van der Waals surface area contributed by atoms with Crippen LogP contribution < -0.4 is 16.0 Å². The number of likely N-dealkylation sites (N-methyl/N-ethyl adjacent to an activating group) is 1. The molecule has 4 aromatic rings. The molecule has 5 rings (SSSR count). The molecule has 1 fully saturated rings. The second kappa shape index (κ2) is 12.6. The monoisotopic (exact) mass is 627 g/mol. The number of methoxy groups -OCH3 is 1. The Balaban J connectivity index is 1.75. The van der Waals surface area contributed by atoms with Gasteiger partial charge in [-0.05, 0) is 65.9 Å². The van der Waals surface area contributed by atoms with Crippen LogP contribution in [-0.2, 0) is 21.6 Å². The number of aryl methyl sites for hydroxylation is 1. The van der Waals surface area contributed by atoms with E-state index in [1.165, 1.54) is 58.4 Å². The molecule has 1 aliphatic rings. The molecule has 1 atom stereocenters. The van der Waals surface area contributed by atoms with Crippen molar-refractivity contribution < 1.29 is 18.7 Å². The van der Waals surface area contributed by atoms with Crippen LogP contribution in [-0.4, -0.2) is 87.3 Å². The van der Waals surface area contributed by atoms with Gasteiger partial charge in [0.05, 0.1) is 38.0 Å². The van der Waals surface area contributed by atoms with E-state index in [4.69, 9.17) is 9.47 Å². The molecule has 0 saturated carbocycles. The SMILES string of the molecule is COc1ccc(F)cc1C(Cn1c(=O)n(C(C)(C)C(=O)N2CCCC2)c(=O)c2c(C)c(-n3nccn3)sc21)OCCN(C)C. The van der Waals surface area contributed by atoms with Crippen molar-refractivity contribution in [3.05, 3.63) is 68.4 Å². The van der Waals surface area contributed by atoms with E-state index in [1.54, 1.807) is 25.7 Å². The Bertz CT molecular complexity index is 1770. The summed E-state index contributed by atoms with van der Waals surface area (Å²) in [7, 11) is 5.30. The predicted molar refractivity (Wildman–Crippen MR) is 165 cm³/mol. The molecule has 4 heterocycles. The average molecular weight is 628 g/mol. The minimum atomic E-state index is -1.48. The highest BCUT2D eigenvalue weighted by molar-refractivity contribution is 7.21. The first-order valence-electron chi connectivity index (χ1n) is 14.5. The molecule has 1 saturated heterocycles. The van der Waals surface area contributed by atoms with E-state index < -0.39 is 28.7 Å². The van der Waals surface area contributed by atoms with Gasteiger partial charge in [-0.25, -0.2) is 13.8 Å². The maximum Gasteiger partial charge on any atom is 0.333 e. The van der Waals surface area contributed by atoms with Gasteiger partial charge in [-0.2, -0.15) is 10.2 Å². The molecule has 0 N–H and O–H groups in total. The van der Waals surface area contributed by atoms with Gasteiger partial charge in [0.15, 0.2) is 0 Å². The third-order valence-electron chi connectivity index (χ3n) is 8.01. The summed E-state index contributed by atoms with van der Waals surface area (Å²) in [6.07, 6.45) is 3.95. The lowest BCUT2D eigenvalue weighted by Gasteiger charge is -2.31. The standard InChI is InChI=1S/C30H38FN7O5S/c1-19-24-25(39)37(30(2,3)28(40)35-13-7-8-14-35)29(41)36(27(24)44-26(19)38-32-11-12-33-38)18-23(43-16-15-34(4)5)21-17-20(31)9-10-22(21)42-6/h9-12,17,23H,7-8,13-16,18H2,1-6H3. The smallest absolute Gasteiger partial charge is 0.333 e. The lowest BCUT2D eigenvalue weighted by atomic mass is 10.0. The normalized spacial score (nSPS) is 14.6. The van der Waals surface area contributed by atoms with Crippen LogP contribution in [0, 0.1) is 12.7 Å². The van der Waals surface area contributed by atoms with Gasteiger partial charge in [-0.1, -0.05) is 11.3 Å². The van der Waals surface area contributed by atoms with Crippen LogP contribution in [0.3, 0.4) is 0 Å². The number of amides is 1. The van der Waals surface area contributed by atoms with Crippen molar-refractivity contribution in [3.8, 4) is 10.8 Å². The Labute approximate surface area is 258 Å². The number of carbonyl (C=O) groups excluding carboxylic acids is 1. The zero-order valence-electron chi connectivity index (χ0n) is 25.9. The molecule has 14 heteroatoms. The van der Waals surface area contributed by atoms with E-state index in [1.807, 2.05) is 19.0 Å². The lowest BCUT2D eigenvalue weighted by molar-refractivity contribution is -0.138. The third-order valence-corrected chi connectivity index (χ3v) is 9.29. The number of ether oxygens (including phenoxy) is 2. The first-order chi connectivity index (χ1) is 20.9. The number of hydrogen-bond donors (Lipinski definition) is 0. The molecule has 1 unspecified atom stereocenters. The van der Waals surface area contributed by atoms with Gasteiger partial charge < -0.3 is 19.3 Å². The molecule has 0 aliphatic carbocycles. The highest BCUT2D eigenvalue weighted by Crippen LogP contribution is 2.34. The van der Waals surface area contributed by atoms with Gasteiger partial charge in [-0.15, -0.1) is 4.80 Å². The highest BCUT2D eigenvalue weighted by atomic mass is 32.1. The average Bonchev–Trinajstić information content (AvgIpc) is 3.76. The Morgan fingerprint density at radius 1 is 1.16 bits per heavy atom. The summed E-state index contributed by atoms with van der Waals surface area (Å²) < 4.78 is 29.0. The molecular formula is C30H38FN7O5S. The van der Waals surface area contributed by atoms with Crippen LogP contribution in [0.15, 0.2) is 40.2 Å². The van der Waals surface area contributed by atoms with Gasteiger partial charge in [0, 0.05) is 30.8 Å². The number of thiophene rings is 1. The molecule has 44 heavy (non-hydrogen) atoms. The fourth-order valence-electron chi connectivity index (χ4n) is 5.64. The minimum Gasteiger partial charge on any atom is -0.496 e. The van der Waals surface area contributed by atoms with Gasteiger partial charge in [0.25, 0.3) is 5.56 Å². The number of nitrogens with zero attached hydrogens (tertiary/aromatic N) is 7. The van der Waals surface area contributed by atoms with Crippen molar-refractivity contribution in [1.29, 1.82) is 0 Å². The summed E-state index contributed by atoms with van der Waals surface area (Å²) >= 11 is 1.19. The quantitative estimate of drug-likeness (QED) is 0.249. The van der Waals surface area contributed by atoms with Crippen molar-refractivity contribution in [2.24, 2.45) is 0 Å². The number of likely N-dealkylation sites (tertiary alicyclic amines) is 1. The fourth-order valence-corrected chi connectivity index (χ4v) is 6.86. The molecule has 3 aromatic heterocycles. The number of hydrogen-bond acceptors (Lipinski definition) is 9. The van der Waals surface area contributed by atoms with Crippen molar-refractivity contribution in [2.45, 2.75) is 51.8 Å². The van der Waals surface area contributed by atoms with E-state index in [0.717, 1.165) is 17.4 Å². The van der Waals surface area contributed by atoms with Crippen LogP contribution in [0.4, 0.5) is 4.39 Å². The molecular weight excluding hydrogens is 589 g/mol. The summed E-state index contributed by atoms with van der Waals surface area (Å²) in [5.74, 6) is -0.388. The number of aromatic nitrogens is 5. The zero-order chi connectivity index (χ0) is 31.8. The second-order valence-corrected chi connectivity index (χ2v) is 12.6. The Hall–Kier alpha value is -3.88. The van der Waals surface area contributed by atoms with Crippen molar-refractivity contribution in [3.63, 3.8) is 0 Å². The van der Waals surface area contributed by atoms with Gasteiger partial charge in [0.2, 0.25) is 5.91 Å². The van der Waals surface area contributed by atoms with Crippen molar-refractivity contribution >= 4 is 27.5 Å². The molecule has 0 bridgehead atoms. The van der Waals surface area contributed by atoms with Crippen LogP contribution in [0.2, 0.25) is 0 Å². The zero-order valence-corrected chi connectivity index (χ0v) is 26.7. The highest BCUT2D eigenvalue weighted by Gasteiger charge is 2.39. The fraction of sp³-hybridized carbons (Fsp3) is 0.500. The van der Waals surface area contributed by atoms with Gasteiger partial charge in [-0.3, -0.25) is 14.2 Å². The van der Waals surface area contributed by atoms with Crippen molar-refractivity contribution in [1.82, 2.24) is 33.9 Å². The van der Waals surface area contributed by atoms with E-state index >= 15 is 0 Å². The summed E-state index contributed by atoms with van der Waals surface area (Å²) in [5, 5.41) is 9.33. The number of halogens is 1. The first-order valence-corrected chi connectivity index (χ1v) is 15.3. The summed E-state index contributed by atoms with van der Waals surface area (Å²) in [5.41, 5.74) is -1.73. The Morgan fingerprint density at radius 2 is 1.84 bits per heavy atom. The molecule has 0 spiro atoms. The van der Waals surface area contributed by atoms with E-state index in [-0.39, 0.29) is 24.4 Å². The van der Waals surface area contributed by atoms with Crippen LogP contribution in [0.25, 0.3) is 15.2 Å². The van der Waals surface area contributed by atoms with Gasteiger partial charge in [0.1, 0.15) is 33.0 Å². The maximum atomic E-state index is 14.6. The first kappa shape index (κ1) is 31.5. The summed E-state index contributed by atoms with van der Waals surface area (Å²) in [6.45, 7) is 6.89. The molecule has 1 aromatic carbocycles. The Morgan fingerprint density at radius 3 is 2.48 bits per heavy atom. The van der Waals surface area contributed by atoms with Gasteiger partial charge >= 0.3 is 5.69 Å². The topological polar surface area (TPSA) is 117 Å². The van der Waals surface area contributed by atoms with E-state index in [9.17, 15) is 18.8 Å².